The summed E-state index contributed by atoms with van der Waals surface area (Å²) >= 11 is 0. The molecule has 0 saturated carbocycles. The van der Waals surface area contributed by atoms with Gasteiger partial charge in [-0.05, 0) is 7.05 Å². The Kier molecular flexibility index (Phi) is 5.52. The molecule has 2 N–H and O–H groups in total. The molecule has 1 aromatic heterocycles. The van der Waals surface area contributed by atoms with Gasteiger partial charge in [-0.15, -0.1) is 0 Å². The van der Waals surface area contributed by atoms with Gasteiger partial charge in [0.05, 0.1) is 6.61 Å². The lowest BCUT2D eigenvalue weighted by molar-refractivity contribution is 0.163. The first-order valence-corrected chi connectivity index (χ1v) is 5.19. The lowest BCUT2D eigenvalue weighted by atomic mass is 10.5. The van der Waals surface area contributed by atoms with Gasteiger partial charge in [0.25, 0.3) is 5.56 Å². The third-order valence-electron chi connectivity index (χ3n) is 2.17. The third kappa shape index (κ3) is 4.41. The molecule has 0 bridgehead atoms. The Morgan fingerprint density at radius 2 is 2.38 bits per heavy atom. The van der Waals surface area contributed by atoms with Crippen molar-refractivity contribution in [2.24, 2.45) is 0 Å². The molecule has 0 atom stereocenters. The van der Waals surface area contributed by atoms with Gasteiger partial charge in [0.15, 0.2) is 5.82 Å². The zero-order valence-electron chi connectivity index (χ0n) is 9.69. The number of methoxy groups -OCH3 is 1. The second-order valence-electron chi connectivity index (χ2n) is 3.49. The molecule has 0 amide bonds. The van der Waals surface area contributed by atoms with Crippen LogP contribution < -0.4 is 10.9 Å². The van der Waals surface area contributed by atoms with Crippen LogP contribution in [0.4, 0.5) is 5.82 Å². The van der Waals surface area contributed by atoms with Crippen molar-refractivity contribution in [3.05, 3.63) is 22.7 Å². The molecule has 1 heterocycles. The van der Waals surface area contributed by atoms with Crippen molar-refractivity contribution >= 4 is 5.82 Å². The van der Waals surface area contributed by atoms with Crippen LogP contribution in [-0.4, -0.2) is 55.3 Å². The molecule has 0 aliphatic rings. The van der Waals surface area contributed by atoms with Gasteiger partial charge >= 0.3 is 0 Å². The van der Waals surface area contributed by atoms with E-state index in [0.717, 1.165) is 13.1 Å². The minimum Gasteiger partial charge on any atom is -0.383 e. The van der Waals surface area contributed by atoms with E-state index in [0.29, 0.717) is 19.0 Å². The number of ether oxygens (including phenoxy) is 1. The average molecular weight is 226 g/mol. The summed E-state index contributed by atoms with van der Waals surface area (Å²) in [5.41, 5.74) is -0.193. The first-order valence-electron chi connectivity index (χ1n) is 5.19. The van der Waals surface area contributed by atoms with Crippen LogP contribution in [0, 0.1) is 0 Å². The van der Waals surface area contributed by atoms with E-state index in [2.05, 4.69) is 20.2 Å². The summed E-state index contributed by atoms with van der Waals surface area (Å²) < 4.78 is 4.97. The van der Waals surface area contributed by atoms with Crippen LogP contribution in [0.15, 0.2) is 17.2 Å². The Balaban J connectivity index is 2.25. The highest BCUT2D eigenvalue weighted by Crippen LogP contribution is 1.89. The van der Waals surface area contributed by atoms with E-state index >= 15 is 0 Å². The molecular formula is C10H18N4O2. The van der Waals surface area contributed by atoms with Gasteiger partial charge in [-0.25, -0.2) is 4.98 Å². The molecule has 0 aliphatic carbocycles. The van der Waals surface area contributed by atoms with Crippen LogP contribution in [-0.2, 0) is 4.74 Å². The topological polar surface area (TPSA) is 70.2 Å². The molecule has 0 aromatic carbocycles. The second kappa shape index (κ2) is 6.97. The van der Waals surface area contributed by atoms with Gasteiger partial charge in [-0.1, -0.05) is 0 Å². The van der Waals surface area contributed by atoms with Gasteiger partial charge in [-0.2, -0.15) is 0 Å². The zero-order chi connectivity index (χ0) is 11.8. The summed E-state index contributed by atoms with van der Waals surface area (Å²) in [5, 5.41) is 2.98. The van der Waals surface area contributed by atoms with Crippen molar-refractivity contribution in [3.8, 4) is 0 Å². The third-order valence-corrected chi connectivity index (χ3v) is 2.17. The van der Waals surface area contributed by atoms with E-state index in [1.54, 1.807) is 13.3 Å². The fourth-order valence-electron chi connectivity index (χ4n) is 1.20. The van der Waals surface area contributed by atoms with E-state index in [1.807, 2.05) is 7.05 Å². The number of aromatic amines is 1. The van der Waals surface area contributed by atoms with Crippen LogP contribution in [0.3, 0.4) is 0 Å². The number of H-pyrrole nitrogens is 1. The van der Waals surface area contributed by atoms with Crippen molar-refractivity contribution < 1.29 is 4.74 Å². The maximum atomic E-state index is 11.3. The Bertz CT molecular complexity index is 353. The number of anilines is 1. The highest BCUT2D eigenvalue weighted by atomic mass is 16.5. The Morgan fingerprint density at radius 3 is 3.06 bits per heavy atom. The number of hydrogen-bond acceptors (Lipinski definition) is 5. The molecule has 0 saturated heterocycles. The van der Waals surface area contributed by atoms with Crippen molar-refractivity contribution in [2.75, 3.05) is 45.7 Å². The quantitative estimate of drug-likeness (QED) is 0.671. The molecule has 6 heteroatoms. The molecule has 16 heavy (non-hydrogen) atoms. The first kappa shape index (κ1) is 12.7. The van der Waals surface area contributed by atoms with Gasteiger partial charge in [0.1, 0.15) is 0 Å². The number of hydrogen-bond donors (Lipinski definition) is 2. The highest BCUT2D eigenvalue weighted by Gasteiger charge is 2.00. The lowest BCUT2D eigenvalue weighted by Gasteiger charge is -2.15. The number of rotatable bonds is 7. The highest BCUT2D eigenvalue weighted by molar-refractivity contribution is 5.29. The van der Waals surface area contributed by atoms with Crippen molar-refractivity contribution in [2.45, 2.75) is 0 Å². The first-order chi connectivity index (χ1) is 7.74. The van der Waals surface area contributed by atoms with Gasteiger partial charge in [0, 0.05) is 39.1 Å². The van der Waals surface area contributed by atoms with Gasteiger partial charge < -0.3 is 19.9 Å². The largest absolute Gasteiger partial charge is 0.383 e. The second-order valence-corrected chi connectivity index (χ2v) is 3.49. The Morgan fingerprint density at radius 1 is 1.56 bits per heavy atom. The summed E-state index contributed by atoms with van der Waals surface area (Å²) in [7, 11) is 3.68. The number of nitrogens with one attached hydrogen (secondary N) is 2. The molecule has 0 unspecified atom stereocenters. The van der Waals surface area contributed by atoms with E-state index < -0.39 is 0 Å². The molecule has 1 rings (SSSR count). The summed E-state index contributed by atoms with van der Waals surface area (Å²) in [5.74, 6) is 0.364. The number of nitrogens with zero attached hydrogens (tertiary/aromatic N) is 2. The summed E-state index contributed by atoms with van der Waals surface area (Å²) in [6.45, 7) is 3.09. The normalized spacial score (nSPS) is 10.7. The maximum Gasteiger partial charge on any atom is 0.290 e. The zero-order valence-corrected chi connectivity index (χ0v) is 9.69. The molecule has 0 spiro atoms. The summed E-state index contributed by atoms with van der Waals surface area (Å²) in [4.78, 5) is 19.9. The minimum absolute atomic E-state index is 0.193. The van der Waals surface area contributed by atoms with E-state index in [9.17, 15) is 4.79 Å². The number of aromatic nitrogens is 2. The molecule has 0 radical (unpaired) electrons. The molecule has 0 fully saturated rings. The van der Waals surface area contributed by atoms with Crippen LogP contribution in [0.2, 0.25) is 0 Å². The fourth-order valence-corrected chi connectivity index (χ4v) is 1.20. The van der Waals surface area contributed by atoms with E-state index in [1.165, 1.54) is 6.20 Å². The van der Waals surface area contributed by atoms with Crippen LogP contribution >= 0.6 is 0 Å². The maximum absolute atomic E-state index is 11.3. The standard InChI is InChI=1S/C10H18N4O2/c1-14(7-8-16-2)6-5-12-9-10(15)13-4-3-11-9/h3-4H,5-8H2,1-2H3,(H,11,12)(H,13,15). The monoisotopic (exact) mass is 226 g/mol. The molecule has 0 aliphatic heterocycles. The smallest absolute Gasteiger partial charge is 0.290 e. The van der Waals surface area contributed by atoms with Gasteiger partial charge in [0.2, 0.25) is 0 Å². The summed E-state index contributed by atoms with van der Waals surface area (Å²) in [6.07, 6.45) is 3.07. The molecule has 1 aromatic rings. The van der Waals surface area contributed by atoms with E-state index in [4.69, 9.17) is 4.74 Å². The Labute approximate surface area is 94.6 Å². The van der Waals surface area contributed by atoms with Crippen LogP contribution in [0.25, 0.3) is 0 Å². The summed E-state index contributed by atoms with van der Waals surface area (Å²) in [6, 6.07) is 0. The van der Waals surface area contributed by atoms with Crippen LogP contribution in [0.1, 0.15) is 0 Å². The lowest BCUT2D eigenvalue weighted by Crippen LogP contribution is -2.29. The number of likely N-dealkylation sites (N-methyl/N-ethyl adjacent to an activating group) is 1. The molecule has 6 nitrogen and oxygen atoms in total. The minimum atomic E-state index is -0.193. The Hall–Kier alpha value is -1.40. The van der Waals surface area contributed by atoms with Crippen LogP contribution in [0.5, 0.6) is 0 Å². The van der Waals surface area contributed by atoms with Crippen molar-refractivity contribution in [1.29, 1.82) is 0 Å². The predicted molar refractivity (Wildman–Crippen MR) is 62.7 cm³/mol. The fraction of sp³-hybridized carbons (Fsp3) is 0.600. The van der Waals surface area contributed by atoms with Crippen molar-refractivity contribution in [3.63, 3.8) is 0 Å². The SMILES string of the molecule is COCCN(C)CCNc1ncc[nH]c1=O. The van der Waals surface area contributed by atoms with Gasteiger partial charge in [-0.3, -0.25) is 4.79 Å². The van der Waals surface area contributed by atoms with Crippen molar-refractivity contribution in [1.82, 2.24) is 14.9 Å². The molecular weight excluding hydrogens is 208 g/mol. The average Bonchev–Trinajstić information content (AvgIpc) is 2.29. The predicted octanol–water partition coefficient (Wildman–Crippen LogP) is -0.240. The molecule has 90 valence electrons. The van der Waals surface area contributed by atoms with E-state index in [-0.39, 0.29) is 5.56 Å².